The smallest absolute Gasteiger partial charge is 0.234 e. The third-order valence-corrected chi connectivity index (χ3v) is 4.99. The number of thioether (sulfide) groups is 1. The van der Waals surface area contributed by atoms with E-state index in [0.29, 0.717) is 11.5 Å². The second-order valence-corrected chi connectivity index (χ2v) is 7.07. The first-order valence-electron chi connectivity index (χ1n) is 7.19. The maximum absolute atomic E-state index is 13.1. The molecule has 122 valence electrons. The molecule has 1 aromatic heterocycles. The second-order valence-electron chi connectivity index (χ2n) is 5.10. The van der Waals surface area contributed by atoms with E-state index < -0.39 is 0 Å². The largest absolute Gasteiger partial charge is 0.325 e. The molecule has 0 saturated carbocycles. The number of carbonyl (C=O) groups excluding carboxylic acids is 1. The zero-order valence-corrected chi connectivity index (χ0v) is 14.5. The second kappa shape index (κ2) is 7.55. The molecule has 7 heteroatoms. The molecule has 1 N–H and O–H groups in total. The van der Waals surface area contributed by atoms with Crippen LogP contribution in [0.3, 0.4) is 0 Å². The molecule has 2 aromatic carbocycles. The summed E-state index contributed by atoms with van der Waals surface area (Å²) in [7, 11) is 0. The average molecular weight is 359 g/mol. The summed E-state index contributed by atoms with van der Waals surface area (Å²) >= 11 is 2.57. The minimum absolute atomic E-state index is 0.193. The van der Waals surface area contributed by atoms with Gasteiger partial charge in [0.05, 0.1) is 5.75 Å². The molecule has 0 aliphatic heterocycles. The number of carbonyl (C=O) groups is 1. The number of amides is 1. The van der Waals surface area contributed by atoms with E-state index >= 15 is 0 Å². The van der Waals surface area contributed by atoms with Gasteiger partial charge in [-0.1, -0.05) is 47.7 Å². The molecule has 0 fully saturated rings. The molecule has 0 aliphatic carbocycles. The summed E-state index contributed by atoms with van der Waals surface area (Å²) in [6, 6.07) is 13.8. The predicted octanol–water partition coefficient (Wildman–Crippen LogP) is 4.38. The van der Waals surface area contributed by atoms with Crippen LogP contribution in [0.2, 0.25) is 0 Å². The zero-order chi connectivity index (χ0) is 16.9. The third kappa shape index (κ3) is 4.39. The number of nitrogens with zero attached hydrogens (tertiary/aromatic N) is 2. The van der Waals surface area contributed by atoms with E-state index in [9.17, 15) is 9.18 Å². The molecule has 0 saturated heterocycles. The van der Waals surface area contributed by atoms with Gasteiger partial charge in [-0.3, -0.25) is 4.79 Å². The van der Waals surface area contributed by atoms with Crippen molar-refractivity contribution in [3.63, 3.8) is 0 Å². The highest BCUT2D eigenvalue weighted by Gasteiger charge is 2.10. The molecule has 0 radical (unpaired) electrons. The standard InChI is InChI=1S/C17H14FN3OS2/c1-11-5-7-12(8-6-11)16-20-17(24-21-16)23-10-15(22)19-14-4-2-3-13(18)9-14/h2-9H,10H2,1H3,(H,19,22). The fourth-order valence-electron chi connectivity index (χ4n) is 1.98. The number of hydrogen-bond acceptors (Lipinski definition) is 5. The molecule has 3 rings (SSSR count). The van der Waals surface area contributed by atoms with Crippen LogP contribution in [-0.2, 0) is 4.79 Å². The highest BCUT2D eigenvalue weighted by molar-refractivity contribution is 8.01. The van der Waals surface area contributed by atoms with Crippen molar-refractivity contribution in [2.45, 2.75) is 11.3 Å². The van der Waals surface area contributed by atoms with E-state index in [4.69, 9.17) is 0 Å². The Morgan fingerprint density at radius 3 is 2.79 bits per heavy atom. The van der Waals surface area contributed by atoms with Gasteiger partial charge < -0.3 is 5.32 Å². The topological polar surface area (TPSA) is 54.9 Å². The van der Waals surface area contributed by atoms with Crippen LogP contribution in [0.1, 0.15) is 5.56 Å². The molecule has 3 aromatic rings. The summed E-state index contributed by atoms with van der Waals surface area (Å²) in [6.07, 6.45) is 0. The molecular formula is C17H14FN3OS2. The number of aryl methyl sites for hydroxylation is 1. The lowest BCUT2D eigenvalue weighted by Crippen LogP contribution is -2.13. The molecule has 0 bridgehead atoms. The third-order valence-electron chi connectivity index (χ3n) is 3.15. The minimum Gasteiger partial charge on any atom is -0.325 e. The van der Waals surface area contributed by atoms with Gasteiger partial charge in [0.15, 0.2) is 10.2 Å². The Morgan fingerprint density at radius 2 is 2.04 bits per heavy atom. The van der Waals surface area contributed by atoms with Crippen molar-refractivity contribution in [1.29, 1.82) is 0 Å². The number of rotatable bonds is 5. The zero-order valence-electron chi connectivity index (χ0n) is 12.8. The van der Waals surface area contributed by atoms with Crippen LogP contribution in [0.4, 0.5) is 10.1 Å². The first-order chi connectivity index (χ1) is 11.6. The number of aromatic nitrogens is 2. The van der Waals surface area contributed by atoms with Crippen molar-refractivity contribution >= 4 is 34.9 Å². The van der Waals surface area contributed by atoms with Gasteiger partial charge in [0.1, 0.15) is 5.82 Å². The van der Waals surface area contributed by atoms with Gasteiger partial charge >= 0.3 is 0 Å². The molecule has 1 heterocycles. The number of halogens is 1. The van der Waals surface area contributed by atoms with Crippen LogP contribution in [0, 0.1) is 12.7 Å². The van der Waals surface area contributed by atoms with Crippen LogP contribution >= 0.6 is 23.3 Å². The van der Waals surface area contributed by atoms with Crippen molar-refractivity contribution in [3.05, 3.63) is 59.9 Å². The van der Waals surface area contributed by atoms with E-state index in [1.165, 1.54) is 41.0 Å². The predicted molar refractivity (Wildman–Crippen MR) is 95.8 cm³/mol. The Kier molecular flexibility index (Phi) is 5.22. The molecule has 0 atom stereocenters. The summed E-state index contributed by atoms with van der Waals surface area (Å²) in [5.41, 5.74) is 2.57. The van der Waals surface area contributed by atoms with Gasteiger partial charge in [0, 0.05) is 11.3 Å². The highest BCUT2D eigenvalue weighted by Crippen LogP contribution is 2.25. The average Bonchev–Trinajstić information content (AvgIpc) is 3.03. The van der Waals surface area contributed by atoms with E-state index in [1.54, 1.807) is 12.1 Å². The number of hydrogen-bond donors (Lipinski definition) is 1. The van der Waals surface area contributed by atoms with Crippen molar-refractivity contribution in [1.82, 2.24) is 9.36 Å². The molecular weight excluding hydrogens is 345 g/mol. The first-order valence-corrected chi connectivity index (χ1v) is 8.95. The molecule has 0 aliphatic rings. The Balaban J connectivity index is 1.57. The number of anilines is 1. The van der Waals surface area contributed by atoms with Crippen molar-refractivity contribution in [3.8, 4) is 11.4 Å². The quantitative estimate of drug-likeness (QED) is 0.687. The summed E-state index contributed by atoms with van der Waals surface area (Å²) in [6.45, 7) is 2.02. The van der Waals surface area contributed by atoms with Gasteiger partial charge in [-0.2, -0.15) is 4.37 Å². The normalized spacial score (nSPS) is 10.6. The SMILES string of the molecule is Cc1ccc(-c2nsc(SCC(=O)Nc3cccc(F)c3)n2)cc1. The van der Waals surface area contributed by atoms with Gasteiger partial charge in [0.25, 0.3) is 0 Å². The van der Waals surface area contributed by atoms with Crippen LogP contribution in [0.15, 0.2) is 52.9 Å². The van der Waals surface area contributed by atoms with Gasteiger partial charge in [-0.05, 0) is 36.7 Å². The molecule has 1 amide bonds. The Morgan fingerprint density at radius 1 is 1.25 bits per heavy atom. The minimum atomic E-state index is -0.382. The van der Waals surface area contributed by atoms with Crippen LogP contribution in [0.5, 0.6) is 0 Å². The van der Waals surface area contributed by atoms with E-state index in [-0.39, 0.29) is 17.5 Å². The Bertz CT molecular complexity index is 849. The van der Waals surface area contributed by atoms with Gasteiger partial charge in [0.2, 0.25) is 5.91 Å². The summed E-state index contributed by atoms with van der Waals surface area (Å²) < 4.78 is 18.1. The molecule has 0 unspecified atom stereocenters. The highest BCUT2D eigenvalue weighted by atomic mass is 32.2. The van der Waals surface area contributed by atoms with E-state index in [1.807, 2.05) is 31.2 Å². The maximum Gasteiger partial charge on any atom is 0.234 e. The molecule has 4 nitrogen and oxygen atoms in total. The molecule has 0 spiro atoms. The summed E-state index contributed by atoms with van der Waals surface area (Å²) in [4.78, 5) is 16.3. The maximum atomic E-state index is 13.1. The number of nitrogens with one attached hydrogen (secondary N) is 1. The van der Waals surface area contributed by atoms with Crippen molar-refractivity contribution < 1.29 is 9.18 Å². The number of benzene rings is 2. The first kappa shape index (κ1) is 16.6. The summed E-state index contributed by atoms with van der Waals surface area (Å²) in [5, 5.41) is 2.65. The van der Waals surface area contributed by atoms with Gasteiger partial charge in [-0.25, -0.2) is 9.37 Å². The monoisotopic (exact) mass is 359 g/mol. The lowest BCUT2D eigenvalue weighted by atomic mass is 10.1. The van der Waals surface area contributed by atoms with E-state index in [0.717, 1.165) is 9.90 Å². The van der Waals surface area contributed by atoms with E-state index in [2.05, 4.69) is 14.7 Å². The summed E-state index contributed by atoms with van der Waals surface area (Å²) in [5.74, 6) is 0.261. The lowest BCUT2D eigenvalue weighted by molar-refractivity contribution is -0.113. The lowest BCUT2D eigenvalue weighted by Gasteiger charge is -2.03. The van der Waals surface area contributed by atoms with Crippen molar-refractivity contribution in [2.75, 3.05) is 11.1 Å². The van der Waals surface area contributed by atoms with Crippen molar-refractivity contribution in [2.24, 2.45) is 0 Å². The van der Waals surface area contributed by atoms with Crippen LogP contribution in [0.25, 0.3) is 11.4 Å². The fourth-order valence-corrected chi connectivity index (χ4v) is 3.39. The fraction of sp³-hybridized carbons (Fsp3) is 0.118. The van der Waals surface area contributed by atoms with Crippen LogP contribution < -0.4 is 5.32 Å². The Hall–Kier alpha value is -2.25. The van der Waals surface area contributed by atoms with Gasteiger partial charge in [-0.15, -0.1) is 0 Å². The Labute approximate surface area is 147 Å². The molecule has 24 heavy (non-hydrogen) atoms. The van der Waals surface area contributed by atoms with Crippen LogP contribution in [-0.4, -0.2) is 21.0 Å².